The summed E-state index contributed by atoms with van der Waals surface area (Å²) in [4.78, 5) is 10.3. The molecule has 0 saturated heterocycles. The molecule has 0 aliphatic carbocycles. The average molecular weight is 193 g/mol. The molecule has 0 fully saturated rings. The Morgan fingerprint density at radius 2 is 1.77 bits per heavy atom. The van der Waals surface area contributed by atoms with Crippen LogP contribution in [-0.4, -0.2) is 49.9 Å². The van der Waals surface area contributed by atoms with Crippen LogP contribution in [0.5, 0.6) is 0 Å². The molecule has 0 heterocycles. The normalized spacial score (nSPS) is 11.5. The van der Waals surface area contributed by atoms with Crippen molar-refractivity contribution in [2.75, 3.05) is 33.5 Å². The second-order valence-electron chi connectivity index (χ2n) is 2.76. The van der Waals surface area contributed by atoms with Gasteiger partial charge in [-0.05, 0) is 13.8 Å². The zero-order valence-electron chi connectivity index (χ0n) is 8.52. The molecule has 0 atom stereocenters. The molecule has 80 valence electrons. The largest absolute Gasteiger partial charge is 0.394 e. The number of rotatable bonds is 8. The number of aliphatic hydroxyl groups excluding tert-OH is 1. The quantitative estimate of drug-likeness (QED) is 0.441. The molecule has 0 spiro atoms. The molecule has 0 unspecified atom stereocenters. The molecule has 0 radical (unpaired) electrons. The Hall–Kier alpha value is -0.200. The Balaban J connectivity index is 3.54. The van der Waals surface area contributed by atoms with Crippen molar-refractivity contribution in [2.24, 2.45) is 0 Å². The van der Waals surface area contributed by atoms with E-state index < -0.39 is 0 Å². The molecule has 0 saturated carbocycles. The van der Waals surface area contributed by atoms with Crippen molar-refractivity contribution in [3.63, 3.8) is 0 Å². The molecule has 13 heavy (non-hydrogen) atoms. The van der Waals surface area contributed by atoms with Crippen LogP contribution >= 0.6 is 0 Å². The Morgan fingerprint density at radius 1 is 1.15 bits per heavy atom. The molecule has 0 amide bonds. The summed E-state index contributed by atoms with van der Waals surface area (Å²) in [5.41, 5.74) is 0. The van der Waals surface area contributed by atoms with Gasteiger partial charge in [0.25, 0.3) is 0 Å². The second-order valence-corrected chi connectivity index (χ2v) is 2.76. The summed E-state index contributed by atoms with van der Waals surface area (Å²) in [5.74, 6) is 0. The summed E-state index contributed by atoms with van der Waals surface area (Å²) in [6, 6.07) is 0.114. The van der Waals surface area contributed by atoms with E-state index in [-0.39, 0.29) is 19.3 Å². The maximum Gasteiger partial charge on any atom is 0.0945 e. The number of methoxy groups -OCH3 is 1. The van der Waals surface area contributed by atoms with Gasteiger partial charge < -0.3 is 9.84 Å². The first-order chi connectivity index (χ1) is 6.22. The standard InChI is InChI=1S/C8H19NO4/c1-8(2)9(12-5-4-10)13-7-6-11-3/h8,10H,4-7H2,1-3H3. The van der Waals surface area contributed by atoms with Crippen LogP contribution in [0.4, 0.5) is 0 Å². The van der Waals surface area contributed by atoms with Gasteiger partial charge in [-0.1, -0.05) is 5.23 Å². The topological polar surface area (TPSA) is 51.2 Å². The van der Waals surface area contributed by atoms with E-state index in [1.807, 2.05) is 13.8 Å². The Morgan fingerprint density at radius 3 is 2.23 bits per heavy atom. The van der Waals surface area contributed by atoms with Crippen molar-refractivity contribution in [3.05, 3.63) is 0 Å². The molecule has 5 heteroatoms. The molecule has 0 bridgehead atoms. The predicted molar refractivity (Wildman–Crippen MR) is 47.8 cm³/mol. The number of hydrogen-bond acceptors (Lipinski definition) is 5. The lowest BCUT2D eigenvalue weighted by Gasteiger charge is -2.23. The van der Waals surface area contributed by atoms with Crippen LogP contribution in [-0.2, 0) is 14.4 Å². The molecule has 0 aliphatic rings. The molecule has 1 N–H and O–H groups in total. The van der Waals surface area contributed by atoms with Crippen LogP contribution in [0.1, 0.15) is 13.8 Å². The van der Waals surface area contributed by atoms with Gasteiger partial charge in [0, 0.05) is 7.11 Å². The van der Waals surface area contributed by atoms with Crippen LogP contribution < -0.4 is 0 Å². The molecule has 0 aliphatic heterocycles. The van der Waals surface area contributed by atoms with Crippen molar-refractivity contribution in [3.8, 4) is 0 Å². The van der Waals surface area contributed by atoms with Gasteiger partial charge in [-0.3, -0.25) is 9.68 Å². The lowest BCUT2D eigenvalue weighted by Crippen LogP contribution is -2.33. The first-order valence-corrected chi connectivity index (χ1v) is 4.37. The summed E-state index contributed by atoms with van der Waals surface area (Å²) in [6.07, 6.45) is 0. The van der Waals surface area contributed by atoms with Crippen molar-refractivity contribution in [1.82, 2.24) is 5.23 Å². The van der Waals surface area contributed by atoms with Gasteiger partial charge in [0.2, 0.25) is 0 Å². The van der Waals surface area contributed by atoms with E-state index in [1.54, 1.807) is 7.11 Å². The number of ether oxygens (including phenoxy) is 1. The molecule has 0 aromatic heterocycles. The summed E-state index contributed by atoms with van der Waals surface area (Å²) >= 11 is 0. The monoisotopic (exact) mass is 193 g/mol. The number of aliphatic hydroxyl groups is 1. The van der Waals surface area contributed by atoms with Crippen LogP contribution in [0.25, 0.3) is 0 Å². The minimum absolute atomic E-state index is 0.0170. The van der Waals surface area contributed by atoms with Crippen molar-refractivity contribution in [2.45, 2.75) is 19.9 Å². The van der Waals surface area contributed by atoms with E-state index in [0.717, 1.165) is 0 Å². The third-order valence-electron chi connectivity index (χ3n) is 1.24. The van der Waals surface area contributed by atoms with Gasteiger partial charge in [0.15, 0.2) is 0 Å². The predicted octanol–water partition coefficient (Wildman–Crippen LogP) is 0.199. The zero-order valence-corrected chi connectivity index (χ0v) is 8.52. The smallest absolute Gasteiger partial charge is 0.0945 e. The highest BCUT2D eigenvalue weighted by molar-refractivity contribution is 4.40. The Labute approximate surface area is 79.1 Å². The molecule has 0 aromatic rings. The van der Waals surface area contributed by atoms with Crippen LogP contribution in [0, 0.1) is 0 Å². The highest BCUT2D eigenvalue weighted by Gasteiger charge is 2.09. The molecular weight excluding hydrogens is 174 g/mol. The van der Waals surface area contributed by atoms with E-state index in [4.69, 9.17) is 19.5 Å². The van der Waals surface area contributed by atoms with Crippen molar-refractivity contribution < 1.29 is 19.5 Å². The number of nitrogens with zero attached hydrogens (tertiary/aromatic N) is 1. The molecular formula is C8H19NO4. The fourth-order valence-corrected chi connectivity index (χ4v) is 0.677. The van der Waals surface area contributed by atoms with Crippen LogP contribution in [0.2, 0.25) is 0 Å². The molecule has 0 aromatic carbocycles. The highest BCUT2D eigenvalue weighted by atomic mass is 17.0. The second kappa shape index (κ2) is 8.40. The summed E-state index contributed by atoms with van der Waals surface area (Å²) in [5, 5.41) is 9.91. The lowest BCUT2D eigenvalue weighted by atomic mass is 10.4. The van der Waals surface area contributed by atoms with E-state index in [1.165, 1.54) is 5.23 Å². The number of hydrogen-bond donors (Lipinski definition) is 1. The highest BCUT2D eigenvalue weighted by Crippen LogP contribution is 1.99. The SMILES string of the molecule is COCCON(OCCO)C(C)C. The minimum atomic E-state index is -0.0170. The molecule has 0 rings (SSSR count). The van der Waals surface area contributed by atoms with Gasteiger partial charge in [0.05, 0.1) is 32.5 Å². The van der Waals surface area contributed by atoms with Crippen molar-refractivity contribution >= 4 is 0 Å². The zero-order chi connectivity index (χ0) is 10.1. The van der Waals surface area contributed by atoms with Gasteiger partial charge in [-0.2, -0.15) is 0 Å². The fourth-order valence-electron chi connectivity index (χ4n) is 0.677. The lowest BCUT2D eigenvalue weighted by molar-refractivity contribution is -0.386. The first kappa shape index (κ1) is 12.8. The third-order valence-corrected chi connectivity index (χ3v) is 1.24. The Bertz CT molecular complexity index is 110. The summed E-state index contributed by atoms with van der Waals surface area (Å²) in [7, 11) is 1.61. The fraction of sp³-hybridized carbons (Fsp3) is 1.00. The van der Waals surface area contributed by atoms with Crippen LogP contribution in [0.3, 0.4) is 0 Å². The van der Waals surface area contributed by atoms with Crippen molar-refractivity contribution in [1.29, 1.82) is 0 Å². The Kier molecular flexibility index (Phi) is 8.27. The van der Waals surface area contributed by atoms with E-state index in [9.17, 15) is 0 Å². The van der Waals surface area contributed by atoms with E-state index in [2.05, 4.69) is 0 Å². The van der Waals surface area contributed by atoms with E-state index in [0.29, 0.717) is 13.2 Å². The van der Waals surface area contributed by atoms with Gasteiger partial charge in [0.1, 0.15) is 0 Å². The summed E-state index contributed by atoms with van der Waals surface area (Å²) < 4.78 is 4.82. The summed E-state index contributed by atoms with van der Waals surface area (Å²) in [6.45, 7) is 5.06. The number of hydroxylamine groups is 2. The van der Waals surface area contributed by atoms with Gasteiger partial charge in [-0.25, -0.2) is 0 Å². The minimum Gasteiger partial charge on any atom is -0.394 e. The van der Waals surface area contributed by atoms with Crippen LogP contribution in [0.15, 0.2) is 0 Å². The molecule has 5 nitrogen and oxygen atoms in total. The maximum absolute atomic E-state index is 8.54. The first-order valence-electron chi connectivity index (χ1n) is 4.37. The third kappa shape index (κ3) is 6.92. The van der Waals surface area contributed by atoms with E-state index >= 15 is 0 Å². The average Bonchev–Trinajstić information content (AvgIpc) is 2.10. The van der Waals surface area contributed by atoms with Gasteiger partial charge in [-0.15, -0.1) is 0 Å². The van der Waals surface area contributed by atoms with Gasteiger partial charge >= 0.3 is 0 Å². The maximum atomic E-state index is 8.54.